The average molecular weight is 287 g/mol. The van der Waals surface area contributed by atoms with Gasteiger partial charge in [0.1, 0.15) is 12.4 Å². The van der Waals surface area contributed by atoms with Crippen molar-refractivity contribution in [1.29, 1.82) is 0 Å². The molecule has 1 amide bonds. The monoisotopic (exact) mass is 287 g/mol. The van der Waals surface area contributed by atoms with Gasteiger partial charge in [0.2, 0.25) is 0 Å². The van der Waals surface area contributed by atoms with Crippen molar-refractivity contribution in [2.24, 2.45) is 5.41 Å². The van der Waals surface area contributed by atoms with E-state index in [4.69, 9.17) is 9.84 Å². The molecule has 0 unspecified atom stereocenters. The van der Waals surface area contributed by atoms with Crippen molar-refractivity contribution in [3.63, 3.8) is 0 Å². The Morgan fingerprint density at radius 2 is 2.24 bits per heavy atom. The first-order chi connectivity index (χ1) is 10.1. The van der Waals surface area contributed by atoms with Crippen molar-refractivity contribution in [3.05, 3.63) is 29.3 Å². The van der Waals surface area contributed by atoms with Crippen LogP contribution in [-0.2, 0) is 0 Å². The molecule has 1 fully saturated rings. The highest BCUT2D eigenvalue weighted by Gasteiger charge is 2.31. The molecule has 4 nitrogen and oxygen atoms in total. The third-order valence-electron chi connectivity index (χ3n) is 4.00. The molecule has 0 bridgehead atoms. The number of methoxy groups -OCH3 is 1. The molecule has 1 aromatic rings. The summed E-state index contributed by atoms with van der Waals surface area (Å²) in [5, 5.41) is 11.8. The predicted molar refractivity (Wildman–Crippen MR) is 81.2 cm³/mol. The fraction of sp³-hybridized carbons (Fsp3) is 0.471. The second-order valence-electron chi connectivity index (χ2n) is 5.72. The normalized spacial score (nSPS) is 15.4. The highest BCUT2D eigenvalue weighted by Crippen LogP contribution is 2.39. The van der Waals surface area contributed by atoms with Crippen LogP contribution in [0.3, 0.4) is 0 Å². The second kappa shape index (κ2) is 6.64. The van der Waals surface area contributed by atoms with Crippen LogP contribution in [0.5, 0.6) is 5.75 Å². The van der Waals surface area contributed by atoms with E-state index >= 15 is 0 Å². The molecule has 1 saturated carbocycles. The van der Waals surface area contributed by atoms with Crippen LogP contribution < -0.4 is 10.1 Å². The minimum absolute atomic E-state index is 0.0992. The Morgan fingerprint density at radius 1 is 1.48 bits per heavy atom. The van der Waals surface area contributed by atoms with Gasteiger partial charge in [-0.1, -0.05) is 25.2 Å². The molecule has 4 heteroatoms. The molecule has 1 aliphatic carbocycles. The Kier molecular flexibility index (Phi) is 4.87. The fourth-order valence-corrected chi connectivity index (χ4v) is 2.43. The Balaban J connectivity index is 2.09. The van der Waals surface area contributed by atoms with Crippen LogP contribution in [0, 0.1) is 17.3 Å². The maximum absolute atomic E-state index is 12.2. The summed E-state index contributed by atoms with van der Waals surface area (Å²) in [5.74, 6) is 5.87. The van der Waals surface area contributed by atoms with Crippen molar-refractivity contribution in [1.82, 2.24) is 5.32 Å². The summed E-state index contributed by atoms with van der Waals surface area (Å²) in [5.41, 5.74) is 1.41. The van der Waals surface area contributed by atoms with Crippen molar-refractivity contribution < 1.29 is 14.6 Å². The van der Waals surface area contributed by atoms with Gasteiger partial charge < -0.3 is 15.2 Å². The lowest BCUT2D eigenvalue weighted by Gasteiger charge is -2.38. The molecule has 0 heterocycles. The van der Waals surface area contributed by atoms with Crippen molar-refractivity contribution >= 4 is 5.91 Å². The molecule has 0 atom stereocenters. The summed E-state index contributed by atoms with van der Waals surface area (Å²) in [6, 6.07) is 5.14. The van der Waals surface area contributed by atoms with E-state index in [0.717, 1.165) is 0 Å². The van der Waals surface area contributed by atoms with Gasteiger partial charge in [-0.3, -0.25) is 4.79 Å². The number of rotatable bonds is 4. The summed E-state index contributed by atoms with van der Waals surface area (Å²) in [7, 11) is 1.55. The summed E-state index contributed by atoms with van der Waals surface area (Å²) in [4.78, 5) is 12.2. The number of hydrogen-bond acceptors (Lipinski definition) is 3. The Bertz CT molecular complexity index is 579. The topological polar surface area (TPSA) is 58.6 Å². The van der Waals surface area contributed by atoms with E-state index in [1.807, 2.05) is 0 Å². The molecule has 0 aliphatic heterocycles. The third-order valence-corrected chi connectivity index (χ3v) is 4.00. The van der Waals surface area contributed by atoms with E-state index in [1.54, 1.807) is 25.3 Å². The number of benzene rings is 1. The van der Waals surface area contributed by atoms with Gasteiger partial charge in [0.25, 0.3) is 5.91 Å². The summed E-state index contributed by atoms with van der Waals surface area (Å²) in [6.07, 6.45) is 3.59. The molecule has 112 valence electrons. The van der Waals surface area contributed by atoms with E-state index < -0.39 is 0 Å². The van der Waals surface area contributed by atoms with Gasteiger partial charge in [-0.05, 0) is 36.5 Å². The van der Waals surface area contributed by atoms with Gasteiger partial charge in [-0.15, -0.1) is 0 Å². The fourth-order valence-electron chi connectivity index (χ4n) is 2.43. The molecular formula is C17H21NO3. The maximum Gasteiger partial charge on any atom is 0.251 e. The van der Waals surface area contributed by atoms with Gasteiger partial charge >= 0.3 is 0 Å². The first-order valence-corrected chi connectivity index (χ1v) is 7.14. The van der Waals surface area contributed by atoms with Crippen molar-refractivity contribution in [3.8, 4) is 17.6 Å². The summed E-state index contributed by atoms with van der Waals surface area (Å²) >= 11 is 0. The van der Waals surface area contributed by atoms with Crippen molar-refractivity contribution in [2.45, 2.75) is 26.2 Å². The molecule has 0 radical (unpaired) electrons. The zero-order chi connectivity index (χ0) is 15.3. The first kappa shape index (κ1) is 15.4. The zero-order valence-corrected chi connectivity index (χ0v) is 12.5. The lowest BCUT2D eigenvalue weighted by molar-refractivity contribution is 0.0890. The van der Waals surface area contributed by atoms with Crippen LogP contribution in [0.15, 0.2) is 18.2 Å². The van der Waals surface area contributed by atoms with Crippen LogP contribution in [0.4, 0.5) is 0 Å². The number of aliphatic hydroxyl groups is 1. The largest absolute Gasteiger partial charge is 0.495 e. The first-order valence-electron chi connectivity index (χ1n) is 7.14. The van der Waals surface area contributed by atoms with Crippen molar-refractivity contribution in [2.75, 3.05) is 20.3 Å². The lowest BCUT2D eigenvalue weighted by Crippen LogP contribution is -2.39. The van der Waals surface area contributed by atoms with E-state index in [2.05, 4.69) is 24.1 Å². The molecule has 0 spiro atoms. The Labute approximate surface area is 125 Å². The van der Waals surface area contributed by atoms with Crippen LogP contribution in [0.25, 0.3) is 0 Å². The number of carbonyl (C=O) groups is 1. The van der Waals surface area contributed by atoms with E-state index in [1.165, 1.54) is 19.3 Å². The van der Waals surface area contributed by atoms with Gasteiger partial charge in [0.15, 0.2) is 0 Å². The van der Waals surface area contributed by atoms with Crippen LogP contribution in [0.1, 0.15) is 42.1 Å². The molecule has 2 N–H and O–H groups in total. The lowest BCUT2D eigenvalue weighted by atomic mass is 9.70. The van der Waals surface area contributed by atoms with Crippen LogP contribution in [-0.4, -0.2) is 31.3 Å². The summed E-state index contributed by atoms with van der Waals surface area (Å²) in [6.45, 7) is 2.68. The van der Waals surface area contributed by atoms with Crippen LogP contribution in [0.2, 0.25) is 0 Å². The van der Waals surface area contributed by atoms with Gasteiger partial charge in [0, 0.05) is 12.1 Å². The molecule has 0 aromatic heterocycles. The smallest absolute Gasteiger partial charge is 0.251 e. The van der Waals surface area contributed by atoms with E-state index in [0.29, 0.717) is 23.4 Å². The number of ether oxygens (including phenoxy) is 1. The van der Waals surface area contributed by atoms with Gasteiger partial charge in [-0.2, -0.15) is 0 Å². The standard InChI is InChI=1S/C17H21NO3/c1-17(8-4-9-17)12-18-16(20)14-6-7-15(21-2)13(11-14)5-3-10-19/h6-7,11,19H,4,8-10,12H2,1-2H3,(H,18,20). The SMILES string of the molecule is COc1ccc(C(=O)NCC2(C)CCC2)cc1C#CCO. The van der Waals surface area contributed by atoms with Crippen LogP contribution >= 0.6 is 0 Å². The van der Waals surface area contributed by atoms with Gasteiger partial charge in [0.05, 0.1) is 12.7 Å². The Morgan fingerprint density at radius 3 is 2.81 bits per heavy atom. The van der Waals surface area contributed by atoms with E-state index in [9.17, 15) is 4.79 Å². The zero-order valence-electron chi connectivity index (χ0n) is 12.5. The number of nitrogens with one attached hydrogen (secondary N) is 1. The maximum atomic E-state index is 12.2. The number of aliphatic hydroxyl groups excluding tert-OH is 1. The molecular weight excluding hydrogens is 266 g/mol. The predicted octanol–water partition coefficient (Wildman–Crippen LogP) is 1.96. The van der Waals surface area contributed by atoms with Gasteiger partial charge in [-0.25, -0.2) is 0 Å². The minimum atomic E-state index is -0.224. The van der Waals surface area contributed by atoms with E-state index in [-0.39, 0.29) is 17.9 Å². The third kappa shape index (κ3) is 3.77. The minimum Gasteiger partial charge on any atom is -0.495 e. The molecule has 21 heavy (non-hydrogen) atoms. The highest BCUT2D eigenvalue weighted by atomic mass is 16.5. The molecule has 1 aromatic carbocycles. The summed E-state index contributed by atoms with van der Waals surface area (Å²) < 4.78 is 5.20. The number of amides is 1. The molecule has 0 saturated heterocycles. The second-order valence-corrected chi connectivity index (χ2v) is 5.72. The molecule has 2 rings (SSSR count). The molecule has 1 aliphatic rings. The number of carbonyl (C=O) groups excluding carboxylic acids is 1. The number of hydrogen-bond donors (Lipinski definition) is 2. The Hall–Kier alpha value is -1.99. The average Bonchev–Trinajstić information content (AvgIpc) is 2.48. The highest BCUT2D eigenvalue weighted by molar-refractivity contribution is 5.94. The quantitative estimate of drug-likeness (QED) is 0.832.